The monoisotopic (exact) mass is 224 g/mol. The zero-order valence-electron chi connectivity index (χ0n) is 10.0. The lowest BCUT2D eigenvalue weighted by Gasteiger charge is -2.00. The van der Waals surface area contributed by atoms with Crippen LogP contribution in [0.5, 0.6) is 11.5 Å². The first-order chi connectivity index (χ1) is 8.24. The van der Waals surface area contributed by atoms with E-state index in [0.29, 0.717) is 0 Å². The van der Waals surface area contributed by atoms with E-state index in [1.807, 2.05) is 12.1 Å². The molecule has 2 nitrogen and oxygen atoms in total. The van der Waals surface area contributed by atoms with E-state index >= 15 is 0 Å². The summed E-state index contributed by atoms with van der Waals surface area (Å²) in [4.78, 5) is 0. The number of ether oxygens (including phenoxy) is 1. The summed E-state index contributed by atoms with van der Waals surface area (Å²) in [7, 11) is 2.06. The van der Waals surface area contributed by atoms with Gasteiger partial charge in [0.2, 0.25) is 5.52 Å². The Kier molecular flexibility index (Phi) is 2.05. The maximum atomic E-state index is 5.62. The van der Waals surface area contributed by atoms with Crippen LogP contribution in [0.15, 0.2) is 37.1 Å². The Hall–Kier alpha value is -2.09. The summed E-state index contributed by atoms with van der Waals surface area (Å²) in [6, 6.07) is 4.15. The number of fused-ring (bicyclic) bond motifs is 3. The van der Waals surface area contributed by atoms with E-state index in [4.69, 9.17) is 4.74 Å². The topological polar surface area (TPSA) is 16.4 Å². The molecule has 0 fully saturated rings. The molecule has 0 N–H and O–H groups in total. The minimum Gasteiger partial charge on any atom is -0.448 e. The van der Waals surface area contributed by atoms with Crippen LogP contribution in [-0.4, -0.2) is 0 Å². The Morgan fingerprint density at radius 1 is 1.35 bits per heavy atom. The first-order valence-corrected chi connectivity index (χ1v) is 5.66. The average Bonchev–Trinajstić information content (AvgIpc) is 3.09. The minimum absolute atomic E-state index is 1.01. The summed E-state index contributed by atoms with van der Waals surface area (Å²) in [6.45, 7) is 5.83. The highest BCUT2D eigenvalue weighted by atomic mass is 16.6. The Bertz CT molecular complexity index is 668. The number of pyridine rings is 1. The van der Waals surface area contributed by atoms with Crippen molar-refractivity contribution in [2.24, 2.45) is 7.05 Å². The number of hydrogen-bond acceptors (Lipinski definition) is 1. The molecule has 1 aromatic carbocycles. The van der Waals surface area contributed by atoms with Crippen molar-refractivity contribution in [1.29, 1.82) is 0 Å². The van der Waals surface area contributed by atoms with Crippen molar-refractivity contribution in [1.82, 2.24) is 0 Å². The predicted octanol–water partition coefficient (Wildman–Crippen LogP) is 3.28. The highest BCUT2D eigenvalue weighted by Gasteiger charge is 2.32. The molecule has 0 unspecified atom stereocenters. The molecule has 0 bridgehead atoms. The molecular weight excluding hydrogens is 210 g/mol. The standard InChI is InChI=1S/C15H14NO/c1-4-5-7-11-10(2)13-12(15-14(11)17-15)8-6-9-16(13)3/h4-9H,1H2,2-3H3/q+1/b7-5-. The third-order valence-electron chi connectivity index (χ3n) is 3.20. The largest absolute Gasteiger partial charge is 0.448 e. The Balaban J connectivity index is 2.38. The molecule has 84 valence electrons. The summed E-state index contributed by atoms with van der Waals surface area (Å²) in [5.41, 5.74) is 3.64. The van der Waals surface area contributed by atoms with Gasteiger partial charge in [-0.15, -0.1) is 0 Å². The van der Waals surface area contributed by atoms with Crippen molar-refractivity contribution in [3.8, 4) is 11.5 Å². The second-order valence-corrected chi connectivity index (χ2v) is 4.28. The molecule has 1 aliphatic heterocycles. The highest BCUT2D eigenvalue weighted by molar-refractivity contribution is 5.97. The number of allylic oxidation sites excluding steroid dienone is 2. The number of aryl methyl sites for hydroxylation is 2. The molecule has 0 amide bonds. The first-order valence-electron chi connectivity index (χ1n) is 5.66. The highest BCUT2D eigenvalue weighted by Crippen LogP contribution is 2.54. The predicted molar refractivity (Wildman–Crippen MR) is 69.2 cm³/mol. The van der Waals surface area contributed by atoms with Gasteiger partial charge in [-0.25, -0.2) is 4.57 Å². The zero-order valence-corrected chi connectivity index (χ0v) is 10.0. The van der Waals surface area contributed by atoms with Crippen molar-refractivity contribution in [2.75, 3.05) is 0 Å². The summed E-state index contributed by atoms with van der Waals surface area (Å²) >= 11 is 0. The van der Waals surface area contributed by atoms with Gasteiger partial charge in [-0.1, -0.05) is 24.8 Å². The van der Waals surface area contributed by atoms with Crippen LogP contribution in [-0.2, 0) is 7.05 Å². The maximum absolute atomic E-state index is 5.62. The van der Waals surface area contributed by atoms with E-state index in [1.165, 1.54) is 16.5 Å². The summed E-state index contributed by atoms with van der Waals surface area (Å²) in [5, 5.41) is 1.19. The van der Waals surface area contributed by atoms with E-state index in [1.54, 1.807) is 6.08 Å². The van der Waals surface area contributed by atoms with Gasteiger partial charge >= 0.3 is 0 Å². The molecular formula is C15H14NO+. The maximum Gasteiger partial charge on any atom is 0.219 e. The molecule has 2 heteroatoms. The van der Waals surface area contributed by atoms with Gasteiger partial charge in [0.1, 0.15) is 7.05 Å². The molecule has 3 rings (SSSR count). The first kappa shape index (κ1) is 10.1. The van der Waals surface area contributed by atoms with Gasteiger partial charge in [-0.3, -0.25) is 0 Å². The molecule has 17 heavy (non-hydrogen) atoms. The zero-order chi connectivity index (χ0) is 12.0. The van der Waals surface area contributed by atoms with Crippen LogP contribution in [0, 0.1) is 6.92 Å². The van der Waals surface area contributed by atoms with Crippen LogP contribution in [0.1, 0.15) is 11.1 Å². The quantitative estimate of drug-likeness (QED) is 0.371. The van der Waals surface area contributed by atoms with E-state index < -0.39 is 0 Å². The molecule has 0 radical (unpaired) electrons. The van der Waals surface area contributed by atoms with Crippen LogP contribution in [0.3, 0.4) is 0 Å². The van der Waals surface area contributed by atoms with Crippen molar-refractivity contribution in [3.63, 3.8) is 0 Å². The molecule has 0 saturated heterocycles. The van der Waals surface area contributed by atoms with Gasteiger partial charge in [0.05, 0.1) is 5.39 Å². The molecule has 0 saturated carbocycles. The SMILES string of the molecule is C=C/C=C\c1c2c(c3ccc[n+](C)c3c1C)O2. The van der Waals surface area contributed by atoms with Gasteiger partial charge in [0.15, 0.2) is 17.7 Å². The van der Waals surface area contributed by atoms with Gasteiger partial charge in [-0.2, -0.15) is 0 Å². The van der Waals surface area contributed by atoms with Crippen LogP contribution < -0.4 is 9.30 Å². The van der Waals surface area contributed by atoms with Crippen LogP contribution in [0.4, 0.5) is 0 Å². The molecule has 2 aromatic rings. The fourth-order valence-electron chi connectivity index (χ4n) is 2.36. The van der Waals surface area contributed by atoms with Crippen molar-refractivity contribution < 1.29 is 9.30 Å². The molecule has 0 atom stereocenters. The van der Waals surface area contributed by atoms with Crippen molar-refractivity contribution >= 4 is 17.0 Å². The summed E-state index contributed by atoms with van der Waals surface area (Å²) in [5.74, 6) is 2.03. The molecule has 0 spiro atoms. The number of aromatic nitrogens is 1. The van der Waals surface area contributed by atoms with Crippen LogP contribution >= 0.6 is 0 Å². The smallest absolute Gasteiger partial charge is 0.219 e. The van der Waals surface area contributed by atoms with Gasteiger partial charge in [-0.05, 0) is 13.0 Å². The number of benzene rings is 1. The third kappa shape index (κ3) is 1.37. The fraction of sp³-hybridized carbons (Fsp3) is 0.133. The van der Waals surface area contributed by atoms with Crippen molar-refractivity contribution in [3.05, 3.63) is 48.2 Å². The van der Waals surface area contributed by atoms with Gasteiger partial charge in [0, 0.05) is 17.2 Å². The molecule has 2 heterocycles. The summed E-state index contributed by atoms with van der Waals surface area (Å²) < 4.78 is 7.75. The second-order valence-electron chi connectivity index (χ2n) is 4.28. The number of nitrogens with zero attached hydrogens (tertiary/aromatic N) is 1. The minimum atomic E-state index is 1.01. The lowest BCUT2D eigenvalue weighted by atomic mass is 10.0. The van der Waals surface area contributed by atoms with Gasteiger partial charge < -0.3 is 4.74 Å². The van der Waals surface area contributed by atoms with E-state index in [2.05, 4.69) is 43.5 Å². The molecule has 0 aliphatic carbocycles. The summed E-state index contributed by atoms with van der Waals surface area (Å²) in [6.07, 6.45) is 7.84. The van der Waals surface area contributed by atoms with Gasteiger partial charge in [0.25, 0.3) is 0 Å². The number of hydrogen-bond donors (Lipinski definition) is 0. The molecule has 1 aromatic heterocycles. The van der Waals surface area contributed by atoms with Crippen molar-refractivity contribution in [2.45, 2.75) is 6.92 Å². The van der Waals surface area contributed by atoms with Crippen LogP contribution in [0.2, 0.25) is 0 Å². The Labute approximate surface area is 100 Å². The lowest BCUT2D eigenvalue weighted by Crippen LogP contribution is -2.28. The Morgan fingerprint density at radius 2 is 2.18 bits per heavy atom. The third-order valence-corrected chi connectivity index (χ3v) is 3.20. The normalized spacial score (nSPS) is 12.6. The van der Waals surface area contributed by atoms with E-state index in [0.717, 1.165) is 17.1 Å². The van der Waals surface area contributed by atoms with Crippen LogP contribution in [0.25, 0.3) is 17.0 Å². The van der Waals surface area contributed by atoms with E-state index in [-0.39, 0.29) is 0 Å². The van der Waals surface area contributed by atoms with E-state index in [9.17, 15) is 0 Å². The fourth-order valence-corrected chi connectivity index (χ4v) is 2.36. The number of rotatable bonds is 2. The Morgan fingerprint density at radius 3 is 2.94 bits per heavy atom. The molecule has 1 aliphatic rings. The second kappa shape index (κ2) is 3.45. The average molecular weight is 224 g/mol. The lowest BCUT2D eigenvalue weighted by molar-refractivity contribution is -0.645.